The summed E-state index contributed by atoms with van der Waals surface area (Å²) in [5, 5.41) is 19.8. The van der Waals surface area contributed by atoms with Crippen LogP contribution in [0.25, 0.3) is 0 Å². The third kappa shape index (κ3) is 4.02. The first-order valence-electron chi connectivity index (χ1n) is 5.73. The zero-order valence-corrected chi connectivity index (χ0v) is 10.6. The van der Waals surface area contributed by atoms with E-state index in [0.717, 1.165) is 12.1 Å². The van der Waals surface area contributed by atoms with E-state index < -0.39 is 35.5 Å². The average molecular weight is 282 g/mol. The van der Waals surface area contributed by atoms with Gasteiger partial charge >= 0.3 is 5.97 Å². The summed E-state index contributed by atoms with van der Waals surface area (Å²) in [6.45, 7) is 1.51. The minimum atomic E-state index is -1.30. The summed E-state index contributed by atoms with van der Waals surface area (Å²) in [7, 11) is 0. The van der Waals surface area contributed by atoms with E-state index in [-0.39, 0.29) is 12.0 Å². The van der Waals surface area contributed by atoms with E-state index in [1.165, 1.54) is 6.92 Å². The van der Waals surface area contributed by atoms with Crippen LogP contribution in [-0.4, -0.2) is 23.0 Å². The Morgan fingerprint density at radius 1 is 1.40 bits per heavy atom. The monoisotopic (exact) mass is 282 g/mol. The zero-order chi connectivity index (χ0) is 15.3. The number of benzene rings is 1. The number of hydrogen-bond acceptors (Lipinski definition) is 3. The van der Waals surface area contributed by atoms with E-state index in [2.05, 4.69) is 5.32 Å². The molecule has 1 rings (SSSR count). The van der Waals surface area contributed by atoms with E-state index in [4.69, 9.17) is 10.4 Å². The first-order valence-corrected chi connectivity index (χ1v) is 5.73. The third-order valence-corrected chi connectivity index (χ3v) is 2.59. The summed E-state index contributed by atoms with van der Waals surface area (Å²) in [5.41, 5.74) is -0.195. The highest BCUT2D eigenvalue weighted by molar-refractivity contribution is 5.96. The second-order valence-electron chi connectivity index (χ2n) is 4.26. The van der Waals surface area contributed by atoms with Gasteiger partial charge in [0.25, 0.3) is 5.91 Å². The number of amides is 1. The van der Waals surface area contributed by atoms with Crippen LogP contribution in [-0.2, 0) is 4.79 Å². The van der Waals surface area contributed by atoms with Crippen LogP contribution < -0.4 is 5.32 Å². The molecule has 0 fully saturated rings. The molecule has 0 saturated carbocycles. The van der Waals surface area contributed by atoms with Gasteiger partial charge in [-0.2, -0.15) is 5.26 Å². The number of rotatable bonds is 5. The van der Waals surface area contributed by atoms with Crippen LogP contribution in [0.5, 0.6) is 0 Å². The molecule has 0 aliphatic rings. The van der Waals surface area contributed by atoms with Crippen LogP contribution in [0.3, 0.4) is 0 Å². The van der Waals surface area contributed by atoms with Crippen LogP contribution in [0, 0.1) is 28.9 Å². The quantitative estimate of drug-likeness (QED) is 0.860. The van der Waals surface area contributed by atoms with Crippen molar-refractivity contribution in [2.45, 2.75) is 19.4 Å². The normalized spacial score (nSPS) is 13.1. The number of nitrogens with one attached hydrogen (secondary N) is 1. The van der Waals surface area contributed by atoms with Crippen molar-refractivity contribution in [1.29, 1.82) is 5.26 Å². The van der Waals surface area contributed by atoms with E-state index in [0.29, 0.717) is 6.07 Å². The van der Waals surface area contributed by atoms with Gasteiger partial charge in [-0.1, -0.05) is 0 Å². The highest BCUT2D eigenvalue weighted by atomic mass is 19.2. The van der Waals surface area contributed by atoms with Crippen molar-refractivity contribution in [2.24, 2.45) is 5.92 Å². The van der Waals surface area contributed by atoms with Crippen LogP contribution in [0.2, 0.25) is 0 Å². The number of hydrogen-bond donors (Lipinski definition) is 2. The number of nitrogens with zero attached hydrogens (tertiary/aromatic N) is 1. The molecule has 0 radical (unpaired) electrons. The van der Waals surface area contributed by atoms with Crippen molar-refractivity contribution in [3.8, 4) is 6.07 Å². The van der Waals surface area contributed by atoms with Gasteiger partial charge in [-0.15, -0.1) is 0 Å². The Kier molecular flexibility index (Phi) is 5.15. The number of carboxylic acid groups (broad SMARTS) is 1. The molecule has 20 heavy (non-hydrogen) atoms. The Morgan fingerprint density at radius 2 is 2.05 bits per heavy atom. The molecule has 0 aliphatic heterocycles. The standard InChI is InChI=1S/C13H12F2N2O3/c1-7(6-16)4-11(13(19)20)17-12(18)8-2-3-9(14)10(15)5-8/h2-3,5,7,11H,4H2,1H3,(H,17,18)(H,19,20)/t7-,11-/m0/s1. The maximum Gasteiger partial charge on any atom is 0.326 e. The number of halogens is 2. The smallest absolute Gasteiger partial charge is 0.326 e. The largest absolute Gasteiger partial charge is 0.480 e. The Morgan fingerprint density at radius 3 is 2.55 bits per heavy atom. The Labute approximate surface area is 113 Å². The molecule has 2 atom stereocenters. The van der Waals surface area contributed by atoms with Crippen LogP contribution in [0.15, 0.2) is 18.2 Å². The molecule has 1 amide bonds. The second-order valence-corrected chi connectivity index (χ2v) is 4.26. The first-order chi connectivity index (χ1) is 9.35. The zero-order valence-electron chi connectivity index (χ0n) is 10.6. The van der Waals surface area contributed by atoms with Crippen LogP contribution >= 0.6 is 0 Å². The lowest BCUT2D eigenvalue weighted by Crippen LogP contribution is -2.41. The summed E-state index contributed by atoms with van der Waals surface area (Å²) in [6.07, 6.45) is -0.0821. The summed E-state index contributed by atoms with van der Waals surface area (Å²) >= 11 is 0. The van der Waals surface area contributed by atoms with E-state index >= 15 is 0 Å². The maximum absolute atomic E-state index is 13.0. The van der Waals surface area contributed by atoms with Gasteiger partial charge in [0.05, 0.1) is 6.07 Å². The lowest BCUT2D eigenvalue weighted by molar-refractivity contribution is -0.139. The molecule has 1 aromatic carbocycles. The van der Waals surface area contributed by atoms with Crippen molar-refractivity contribution >= 4 is 11.9 Å². The minimum Gasteiger partial charge on any atom is -0.480 e. The fourth-order valence-electron chi connectivity index (χ4n) is 1.51. The van der Waals surface area contributed by atoms with Gasteiger partial charge in [-0.3, -0.25) is 4.79 Å². The van der Waals surface area contributed by atoms with Crippen LogP contribution in [0.4, 0.5) is 8.78 Å². The lowest BCUT2D eigenvalue weighted by atomic mass is 10.0. The lowest BCUT2D eigenvalue weighted by Gasteiger charge is -2.15. The third-order valence-electron chi connectivity index (χ3n) is 2.59. The number of nitriles is 1. The van der Waals surface area contributed by atoms with Gasteiger partial charge in [0.2, 0.25) is 0 Å². The van der Waals surface area contributed by atoms with Gasteiger partial charge in [0.15, 0.2) is 11.6 Å². The molecule has 1 aromatic rings. The first kappa shape index (κ1) is 15.6. The highest BCUT2D eigenvalue weighted by Gasteiger charge is 2.23. The fraction of sp³-hybridized carbons (Fsp3) is 0.308. The van der Waals surface area contributed by atoms with E-state index in [1.54, 1.807) is 0 Å². The minimum absolute atomic E-state index is 0.0821. The van der Waals surface area contributed by atoms with Gasteiger partial charge in [-0.25, -0.2) is 13.6 Å². The number of carbonyl (C=O) groups is 2. The average Bonchev–Trinajstić information content (AvgIpc) is 2.40. The fourth-order valence-corrected chi connectivity index (χ4v) is 1.51. The Balaban J connectivity index is 2.83. The number of carbonyl (C=O) groups excluding carboxylic acids is 1. The van der Waals surface area contributed by atoms with Crippen molar-refractivity contribution in [3.63, 3.8) is 0 Å². The van der Waals surface area contributed by atoms with E-state index in [9.17, 15) is 18.4 Å². The molecule has 0 saturated heterocycles. The SMILES string of the molecule is C[C@H](C#N)C[C@H](NC(=O)c1ccc(F)c(F)c1)C(=O)O. The Hall–Kier alpha value is -2.49. The van der Waals surface area contributed by atoms with Crippen molar-refractivity contribution in [3.05, 3.63) is 35.4 Å². The van der Waals surface area contributed by atoms with Gasteiger partial charge in [0, 0.05) is 11.5 Å². The topological polar surface area (TPSA) is 90.2 Å². The summed E-state index contributed by atoms with van der Waals surface area (Å²) in [5.74, 6) is -5.02. The summed E-state index contributed by atoms with van der Waals surface area (Å²) in [6, 6.07) is 3.08. The van der Waals surface area contributed by atoms with Gasteiger partial charge in [-0.05, 0) is 31.5 Å². The van der Waals surface area contributed by atoms with E-state index in [1.807, 2.05) is 6.07 Å². The Bertz CT molecular complexity index is 569. The predicted octanol–water partition coefficient (Wildman–Crippen LogP) is 1.70. The molecule has 0 aliphatic carbocycles. The molecule has 106 valence electrons. The molecule has 0 spiro atoms. The summed E-state index contributed by atoms with van der Waals surface area (Å²) in [4.78, 5) is 22.7. The summed E-state index contributed by atoms with van der Waals surface area (Å²) < 4.78 is 25.7. The van der Waals surface area contributed by atoms with Crippen LogP contribution in [0.1, 0.15) is 23.7 Å². The molecule has 0 aromatic heterocycles. The molecule has 5 nitrogen and oxygen atoms in total. The highest BCUT2D eigenvalue weighted by Crippen LogP contribution is 2.10. The number of aliphatic carboxylic acids is 1. The number of carboxylic acids is 1. The van der Waals surface area contributed by atoms with Gasteiger partial charge in [0.1, 0.15) is 6.04 Å². The van der Waals surface area contributed by atoms with Gasteiger partial charge < -0.3 is 10.4 Å². The second kappa shape index (κ2) is 6.61. The van der Waals surface area contributed by atoms with Crippen molar-refractivity contribution in [2.75, 3.05) is 0 Å². The molecule has 0 heterocycles. The molecular formula is C13H12F2N2O3. The van der Waals surface area contributed by atoms with Crippen molar-refractivity contribution in [1.82, 2.24) is 5.32 Å². The molecule has 2 N–H and O–H groups in total. The molecular weight excluding hydrogens is 270 g/mol. The van der Waals surface area contributed by atoms with Crippen molar-refractivity contribution < 1.29 is 23.5 Å². The molecule has 0 bridgehead atoms. The molecule has 7 heteroatoms. The maximum atomic E-state index is 13.0. The molecule has 0 unspecified atom stereocenters. The predicted molar refractivity (Wildman–Crippen MR) is 64.6 cm³/mol.